The number of nitrogens with zero attached hydrogens (tertiary/aromatic N) is 2. The number of halogens is 1. The summed E-state index contributed by atoms with van der Waals surface area (Å²) in [5.41, 5.74) is 2.91. The van der Waals surface area contributed by atoms with Crippen molar-refractivity contribution in [2.45, 2.75) is 64.6 Å². The number of nitrogens with one attached hydrogen (secondary N) is 1. The van der Waals surface area contributed by atoms with Crippen molar-refractivity contribution in [3.63, 3.8) is 0 Å². The highest BCUT2D eigenvalue weighted by Gasteiger charge is 2.33. The molecule has 0 unspecified atom stereocenters. The molecule has 2 amide bonds. The molecule has 7 nitrogen and oxygen atoms in total. The summed E-state index contributed by atoms with van der Waals surface area (Å²) in [4.78, 5) is 28.5. The molecule has 0 aromatic heterocycles. The maximum atomic E-state index is 14.0. The Kier molecular flexibility index (Phi) is 10.2. The molecular weight excluding hydrogens is 534 g/mol. The normalized spacial score (nSPS) is 12.9. The van der Waals surface area contributed by atoms with Crippen LogP contribution in [0.2, 0.25) is 5.02 Å². The minimum Gasteiger partial charge on any atom is -0.352 e. The van der Waals surface area contributed by atoms with E-state index in [9.17, 15) is 18.0 Å². The molecule has 39 heavy (non-hydrogen) atoms. The average molecular weight is 570 g/mol. The smallest absolute Gasteiger partial charge is 0.264 e. The molecule has 1 N–H and O–H groups in total. The number of benzene rings is 3. The molecule has 0 heterocycles. The SMILES string of the molecule is CC[C@H](C)NC(=O)[C@H](C)N(Cc1ccccc1Cl)C(=O)CN(c1ccc(C)c(C)c1)S(=O)(=O)c1ccccc1. The zero-order chi connectivity index (χ0) is 28.7. The van der Waals surface area contributed by atoms with E-state index in [0.717, 1.165) is 21.9 Å². The van der Waals surface area contributed by atoms with Crippen molar-refractivity contribution in [2.75, 3.05) is 10.8 Å². The maximum absolute atomic E-state index is 14.0. The Morgan fingerprint density at radius 2 is 1.56 bits per heavy atom. The number of hydrogen-bond acceptors (Lipinski definition) is 4. The summed E-state index contributed by atoms with van der Waals surface area (Å²) in [5, 5.41) is 3.37. The summed E-state index contributed by atoms with van der Waals surface area (Å²) in [6.07, 6.45) is 0.729. The summed E-state index contributed by atoms with van der Waals surface area (Å²) >= 11 is 6.41. The van der Waals surface area contributed by atoms with Crippen LogP contribution in [0.15, 0.2) is 77.7 Å². The van der Waals surface area contributed by atoms with Crippen LogP contribution < -0.4 is 9.62 Å². The van der Waals surface area contributed by atoms with E-state index < -0.39 is 28.5 Å². The van der Waals surface area contributed by atoms with E-state index in [1.807, 2.05) is 33.8 Å². The number of sulfonamides is 1. The van der Waals surface area contributed by atoms with E-state index in [0.29, 0.717) is 16.3 Å². The van der Waals surface area contributed by atoms with Crippen LogP contribution in [0.5, 0.6) is 0 Å². The Morgan fingerprint density at radius 3 is 2.18 bits per heavy atom. The first-order valence-corrected chi connectivity index (χ1v) is 14.8. The summed E-state index contributed by atoms with van der Waals surface area (Å²) in [6.45, 7) is 8.85. The van der Waals surface area contributed by atoms with Gasteiger partial charge in [0.15, 0.2) is 0 Å². The molecule has 0 saturated carbocycles. The molecule has 0 aliphatic heterocycles. The van der Waals surface area contributed by atoms with E-state index in [-0.39, 0.29) is 23.4 Å². The number of aryl methyl sites for hydroxylation is 2. The number of carbonyl (C=O) groups excluding carboxylic acids is 2. The molecule has 0 fully saturated rings. The van der Waals surface area contributed by atoms with Crippen molar-refractivity contribution in [2.24, 2.45) is 0 Å². The topological polar surface area (TPSA) is 86.8 Å². The lowest BCUT2D eigenvalue weighted by Gasteiger charge is -2.32. The third-order valence-electron chi connectivity index (χ3n) is 6.86. The molecule has 3 aromatic rings. The number of rotatable bonds is 11. The van der Waals surface area contributed by atoms with E-state index in [1.165, 1.54) is 17.0 Å². The highest BCUT2D eigenvalue weighted by Crippen LogP contribution is 2.27. The molecule has 9 heteroatoms. The monoisotopic (exact) mass is 569 g/mol. The van der Waals surface area contributed by atoms with Crippen molar-refractivity contribution in [1.29, 1.82) is 0 Å². The van der Waals surface area contributed by atoms with Crippen LogP contribution >= 0.6 is 11.6 Å². The van der Waals surface area contributed by atoms with Crippen LogP contribution in [0.25, 0.3) is 0 Å². The molecule has 0 radical (unpaired) electrons. The van der Waals surface area contributed by atoms with Crippen molar-refractivity contribution in [3.8, 4) is 0 Å². The third kappa shape index (κ3) is 7.40. The van der Waals surface area contributed by atoms with Crippen molar-refractivity contribution in [1.82, 2.24) is 10.2 Å². The standard InChI is InChI=1S/C30H36ClN3O4S/c1-6-23(4)32-30(36)24(5)33(19-25-12-10-11-15-28(25)31)29(35)20-34(26-17-16-21(2)22(3)18-26)39(37,38)27-13-8-7-9-14-27/h7-18,23-24H,6,19-20H2,1-5H3,(H,32,36)/t23-,24-/m0/s1. The Bertz CT molecular complexity index is 1410. The van der Waals surface area contributed by atoms with E-state index in [4.69, 9.17) is 11.6 Å². The fourth-order valence-electron chi connectivity index (χ4n) is 3.99. The van der Waals surface area contributed by atoms with E-state index in [1.54, 1.807) is 61.5 Å². The van der Waals surface area contributed by atoms with Crippen molar-refractivity contribution < 1.29 is 18.0 Å². The number of amides is 2. The zero-order valence-corrected chi connectivity index (χ0v) is 24.6. The van der Waals surface area contributed by atoms with Gasteiger partial charge in [0.1, 0.15) is 12.6 Å². The number of anilines is 1. The quantitative estimate of drug-likeness (QED) is 0.331. The first-order chi connectivity index (χ1) is 18.4. The minimum atomic E-state index is -4.10. The Labute approximate surface area is 236 Å². The molecule has 3 rings (SSSR count). The Morgan fingerprint density at radius 1 is 0.923 bits per heavy atom. The molecule has 3 aromatic carbocycles. The van der Waals surface area contributed by atoms with Crippen LogP contribution in [0.1, 0.15) is 43.9 Å². The van der Waals surface area contributed by atoms with E-state index >= 15 is 0 Å². The molecule has 0 spiro atoms. The predicted molar refractivity (Wildman–Crippen MR) is 156 cm³/mol. The van der Waals surface area contributed by atoms with Gasteiger partial charge in [0.25, 0.3) is 10.0 Å². The van der Waals surface area contributed by atoms with Crippen LogP contribution in [0.4, 0.5) is 5.69 Å². The van der Waals surface area contributed by atoms with Gasteiger partial charge in [-0.05, 0) is 81.1 Å². The highest BCUT2D eigenvalue weighted by molar-refractivity contribution is 7.92. The fourth-order valence-corrected chi connectivity index (χ4v) is 5.61. The van der Waals surface area contributed by atoms with Gasteiger partial charge in [-0.25, -0.2) is 8.42 Å². The second-order valence-electron chi connectivity index (χ2n) is 9.70. The average Bonchev–Trinajstić information content (AvgIpc) is 2.92. The first-order valence-electron chi connectivity index (χ1n) is 12.9. The Hall–Kier alpha value is -3.36. The highest BCUT2D eigenvalue weighted by atomic mass is 35.5. The van der Waals surface area contributed by atoms with Crippen LogP contribution in [-0.2, 0) is 26.2 Å². The predicted octanol–water partition coefficient (Wildman–Crippen LogP) is 5.48. The van der Waals surface area contributed by atoms with Crippen LogP contribution in [0.3, 0.4) is 0 Å². The molecule has 0 bridgehead atoms. The number of carbonyl (C=O) groups is 2. The van der Waals surface area contributed by atoms with Gasteiger partial charge in [-0.1, -0.05) is 61.0 Å². The molecule has 208 valence electrons. The largest absolute Gasteiger partial charge is 0.352 e. The van der Waals surface area contributed by atoms with E-state index in [2.05, 4.69) is 5.32 Å². The van der Waals surface area contributed by atoms with Gasteiger partial charge < -0.3 is 10.2 Å². The molecule has 0 aliphatic carbocycles. The summed E-state index contributed by atoms with van der Waals surface area (Å²) in [7, 11) is -4.10. The van der Waals surface area contributed by atoms with Gasteiger partial charge in [0.05, 0.1) is 10.6 Å². The second-order valence-corrected chi connectivity index (χ2v) is 12.0. The lowest BCUT2D eigenvalue weighted by Crippen LogP contribution is -2.52. The molecule has 0 saturated heterocycles. The first kappa shape index (κ1) is 30.2. The summed E-state index contributed by atoms with van der Waals surface area (Å²) < 4.78 is 28.8. The van der Waals surface area contributed by atoms with Gasteiger partial charge in [-0.3, -0.25) is 13.9 Å². The minimum absolute atomic E-state index is 0.0414. The van der Waals surface area contributed by atoms with Gasteiger partial charge in [-0.2, -0.15) is 0 Å². The lowest BCUT2D eigenvalue weighted by atomic mass is 10.1. The van der Waals surface area contributed by atoms with Crippen LogP contribution in [-0.4, -0.2) is 43.8 Å². The van der Waals surface area contributed by atoms with Gasteiger partial charge in [0.2, 0.25) is 11.8 Å². The molecular formula is C30H36ClN3O4S. The van der Waals surface area contributed by atoms with Gasteiger partial charge in [0, 0.05) is 17.6 Å². The third-order valence-corrected chi connectivity index (χ3v) is 9.01. The van der Waals surface area contributed by atoms with Crippen molar-refractivity contribution >= 4 is 39.1 Å². The molecule has 2 atom stereocenters. The Balaban J connectivity index is 2.05. The van der Waals surface area contributed by atoms with Gasteiger partial charge >= 0.3 is 0 Å². The summed E-state index contributed by atoms with van der Waals surface area (Å²) in [5.74, 6) is -0.854. The zero-order valence-electron chi connectivity index (χ0n) is 23.0. The number of hydrogen-bond donors (Lipinski definition) is 1. The fraction of sp³-hybridized carbons (Fsp3) is 0.333. The summed E-state index contributed by atoms with van der Waals surface area (Å²) in [6, 6.07) is 19.4. The lowest BCUT2D eigenvalue weighted by molar-refractivity contribution is -0.139. The molecule has 0 aliphatic rings. The van der Waals surface area contributed by atoms with Gasteiger partial charge in [-0.15, -0.1) is 0 Å². The van der Waals surface area contributed by atoms with Crippen LogP contribution in [0, 0.1) is 13.8 Å². The van der Waals surface area contributed by atoms with Crippen molar-refractivity contribution in [3.05, 3.63) is 94.5 Å². The maximum Gasteiger partial charge on any atom is 0.264 e. The second kappa shape index (κ2) is 13.1.